The van der Waals surface area contributed by atoms with Gasteiger partial charge in [-0.15, -0.1) is 0 Å². The number of aliphatic hydroxyl groups excluding tert-OH is 1. The number of halogens is 1. The van der Waals surface area contributed by atoms with E-state index in [1.54, 1.807) is 10.9 Å². The fraction of sp³-hybridized carbons (Fsp3) is 0.462. The maximum Gasteiger partial charge on any atom is 0.126 e. The fourth-order valence-corrected chi connectivity index (χ4v) is 2.32. The van der Waals surface area contributed by atoms with E-state index in [-0.39, 0.29) is 6.04 Å². The Bertz CT molecular complexity index is 557. The summed E-state index contributed by atoms with van der Waals surface area (Å²) in [6.45, 7) is 7.67. The summed E-state index contributed by atoms with van der Waals surface area (Å²) in [5, 5.41) is 15.1. The molecule has 0 aliphatic heterocycles. The Kier molecular flexibility index (Phi) is 3.50. The van der Waals surface area contributed by atoms with Crippen molar-refractivity contribution in [2.45, 2.75) is 39.8 Å². The predicted octanol–water partition coefficient (Wildman–Crippen LogP) is 3.41. The van der Waals surface area contributed by atoms with Gasteiger partial charge in [-0.25, -0.2) is 0 Å². The summed E-state index contributed by atoms with van der Waals surface area (Å²) in [5.74, 6) is 1.47. The predicted molar refractivity (Wildman–Crippen MR) is 69.9 cm³/mol. The quantitative estimate of drug-likeness (QED) is 0.928. The molecule has 0 saturated carbocycles. The Morgan fingerprint density at radius 2 is 2.06 bits per heavy atom. The fourth-order valence-electron chi connectivity index (χ4n) is 2.09. The number of hydrogen-bond acceptors (Lipinski definition) is 3. The minimum atomic E-state index is -0.820. The summed E-state index contributed by atoms with van der Waals surface area (Å²) in [6.07, 6.45) is 0.738. The van der Waals surface area contributed by atoms with E-state index in [1.807, 2.05) is 33.8 Å². The van der Waals surface area contributed by atoms with Crippen LogP contribution in [0.5, 0.6) is 0 Å². The largest absolute Gasteiger partial charge is 0.466 e. The Balaban J connectivity index is 2.48. The number of aromatic nitrogens is 2. The zero-order valence-corrected chi connectivity index (χ0v) is 11.7. The van der Waals surface area contributed by atoms with Gasteiger partial charge in [-0.2, -0.15) is 5.10 Å². The Morgan fingerprint density at radius 1 is 1.39 bits per heavy atom. The molecule has 98 valence electrons. The van der Waals surface area contributed by atoms with Crippen molar-refractivity contribution in [1.82, 2.24) is 9.78 Å². The van der Waals surface area contributed by atoms with Crippen LogP contribution < -0.4 is 0 Å². The third kappa shape index (κ3) is 2.18. The molecular weight excluding hydrogens is 252 g/mol. The zero-order valence-electron chi connectivity index (χ0n) is 10.9. The monoisotopic (exact) mass is 268 g/mol. The van der Waals surface area contributed by atoms with E-state index >= 15 is 0 Å². The number of aryl methyl sites for hydroxylation is 2. The molecule has 0 aromatic carbocycles. The molecule has 0 aliphatic carbocycles. The van der Waals surface area contributed by atoms with Crippen molar-refractivity contribution in [3.8, 4) is 0 Å². The van der Waals surface area contributed by atoms with Crippen LogP contribution in [0.1, 0.15) is 48.8 Å². The van der Waals surface area contributed by atoms with Crippen molar-refractivity contribution < 1.29 is 9.52 Å². The normalized spacial score (nSPS) is 13.3. The molecule has 0 saturated heterocycles. The number of rotatable bonds is 3. The molecule has 0 fully saturated rings. The van der Waals surface area contributed by atoms with Gasteiger partial charge >= 0.3 is 0 Å². The van der Waals surface area contributed by atoms with Crippen LogP contribution in [-0.4, -0.2) is 14.9 Å². The van der Waals surface area contributed by atoms with Crippen LogP contribution in [0.15, 0.2) is 16.7 Å². The highest BCUT2D eigenvalue weighted by Gasteiger charge is 2.24. The minimum absolute atomic E-state index is 0.135. The van der Waals surface area contributed by atoms with Gasteiger partial charge in [0.05, 0.1) is 16.9 Å². The van der Waals surface area contributed by atoms with E-state index in [0.717, 1.165) is 11.3 Å². The average Bonchev–Trinajstić information content (AvgIpc) is 2.81. The van der Waals surface area contributed by atoms with Gasteiger partial charge in [0, 0.05) is 11.6 Å². The maximum absolute atomic E-state index is 10.5. The molecular formula is C13H17ClN2O2. The highest BCUT2D eigenvalue weighted by atomic mass is 35.5. The van der Waals surface area contributed by atoms with Crippen LogP contribution in [0.2, 0.25) is 5.02 Å². The summed E-state index contributed by atoms with van der Waals surface area (Å²) in [6, 6.07) is 1.96. The van der Waals surface area contributed by atoms with Gasteiger partial charge in [0.2, 0.25) is 0 Å². The van der Waals surface area contributed by atoms with Crippen LogP contribution in [0.4, 0.5) is 0 Å². The number of nitrogens with zero attached hydrogens (tertiary/aromatic N) is 2. The van der Waals surface area contributed by atoms with E-state index in [0.29, 0.717) is 16.5 Å². The summed E-state index contributed by atoms with van der Waals surface area (Å²) < 4.78 is 7.17. The zero-order chi connectivity index (χ0) is 13.4. The van der Waals surface area contributed by atoms with Crippen LogP contribution in [0.3, 0.4) is 0 Å². The summed E-state index contributed by atoms with van der Waals surface area (Å²) in [5.41, 5.74) is 1.34. The Labute approximate surface area is 111 Å². The molecule has 1 atom stereocenters. The van der Waals surface area contributed by atoms with Crippen LogP contribution in [-0.2, 0) is 0 Å². The highest BCUT2D eigenvalue weighted by Crippen LogP contribution is 2.32. The van der Waals surface area contributed by atoms with E-state index < -0.39 is 6.10 Å². The third-order valence-corrected chi connectivity index (χ3v) is 3.20. The van der Waals surface area contributed by atoms with E-state index in [9.17, 15) is 5.11 Å². The van der Waals surface area contributed by atoms with Gasteiger partial charge < -0.3 is 9.52 Å². The number of hydrogen-bond donors (Lipinski definition) is 1. The van der Waals surface area contributed by atoms with Crippen LogP contribution in [0.25, 0.3) is 0 Å². The van der Waals surface area contributed by atoms with Crippen LogP contribution in [0, 0.1) is 13.8 Å². The van der Waals surface area contributed by atoms with Crippen molar-refractivity contribution in [3.63, 3.8) is 0 Å². The molecule has 2 heterocycles. The second-order valence-electron chi connectivity index (χ2n) is 4.69. The molecule has 5 heteroatoms. The van der Waals surface area contributed by atoms with Gasteiger partial charge in [-0.3, -0.25) is 4.68 Å². The van der Waals surface area contributed by atoms with Gasteiger partial charge in [0.15, 0.2) is 0 Å². The molecule has 0 radical (unpaired) electrons. The van der Waals surface area contributed by atoms with Crippen molar-refractivity contribution in [2.75, 3.05) is 0 Å². The molecule has 2 aromatic rings. The number of furan rings is 1. The molecule has 1 N–H and O–H groups in total. The first-order chi connectivity index (χ1) is 8.41. The SMILES string of the molecule is Cc1cc(C(O)c2c(Cl)cnn2C(C)C)c(C)o1. The van der Waals surface area contributed by atoms with Crippen molar-refractivity contribution in [1.29, 1.82) is 0 Å². The smallest absolute Gasteiger partial charge is 0.126 e. The molecule has 1 unspecified atom stereocenters. The summed E-state index contributed by atoms with van der Waals surface area (Å²) >= 11 is 6.12. The third-order valence-electron chi connectivity index (χ3n) is 2.91. The molecule has 0 spiro atoms. The van der Waals surface area contributed by atoms with Crippen molar-refractivity contribution in [3.05, 3.63) is 40.1 Å². The van der Waals surface area contributed by atoms with Gasteiger partial charge in [-0.1, -0.05) is 11.6 Å². The Morgan fingerprint density at radius 3 is 2.56 bits per heavy atom. The van der Waals surface area contributed by atoms with Crippen molar-refractivity contribution >= 4 is 11.6 Å². The minimum Gasteiger partial charge on any atom is -0.466 e. The summed E-state index contributed by atoms with van der Waals surface area (Å²) in [7, 11) is 0. The van der Waals surface area contributed by atoms with Gasteiger partial charge in [0.25, 0.3) is 0 Å². The lowest BCUT2D eigenvalue weighted by Crippen LogP contribution is -2.12. The molecule has 18 heavy (non-hydrogen) atoms. The first kappa shape index (κ1) is 13.2. The maximum atomic E-state index is 10.5. The topological polar surface area (TPSA) is 51.2 Å². The van der Waals surface area contributed by atoms with Crippen molar-refractivity contribution in [2.24, 2.45) is 0 Å². The number of aliphatic hydroxyl groups is 1. The standard InChI is InChI=1S/C13H17ClN2O2/c1-7(2)16-12(11(14)6-15-16)13(17)10-5-8(3)18-9(10)4/h5-7,13,17H,1-4H3. The van der Waals surface area contributed by atoms with Gasteiger partial charge in [-0.05, 0) is 33.8 Å². The molecule has 0 amide bonds. The molecule has 0 aliphatic rings. The second-order valence-corrected chi connectivity index (χ2v) is 5.09. The van der Waals surface area contributed by atoms with E-state index in [2.05, 4.69) is 5.10 Å². The first-order valence-corrected chi connectivity index (χ1v) is 6.27. The summed E-state index contributed by atoms with van der Waals surface area (Å²) in [4.78, 5) is 0. The van der Waals surface area contributed by atoms with Crippen LogP contribution >= 0.6 is 11.6 Å². The van der Waals surface area contributed by atoms with E-state index in [1.165, 1.54) is 0 Å². The lowest BCUT2D eigenvalue weighted by atomic mass is 10.1. The van der Waals surface area contributed by atoms with Gasteiger partial charge in [0.1, 0.15) is 17.6 Å². The molecule has 2 aromatic heterocycles. The molecule has 0 bridgehead atoms. The molecule has 4 nitrogen and oxygen atoms in total. The highest BCUT2D eigenvalue weighted by molar-refractivity contribution is 6.31. The first-order valence-electron chi connectivity index (χ1n) is 5.89. The second kappa shape index (κ2) is 4.78. The average molecular weight is 269 g/mol. The lowest BCUT2D eigenvalue weighted by molar-refractivity contribution is 0.203. The van der Waals surface area contributed by atoms with E-state index in [4.69, 9.17) is 16.0 Å². The molecule has 2 rings (SSSR count). The Hall–Kier alpha value is -1.26. The lowest BCUT2D eigenvalue weighted by Gasteiger charge is -2.16.